The second-order valence-electron chi connectivity index (χ2n) is 7.36. The summed E-state index contributed by atoms with van der Waals surface area (Å²) in [5, 5.41) is 6.77. The summed E-state index contributed by atoms with van der Waals surface area (Å²) >= 11 is 18.9. The highest BCUT2D eigenvalue weighted by Crippen LogP contribution is 2.28. The fourth-order valence-electron chi connectivity index (χ4n) is 3.44. The Kier molecular flexibility index (Phi) is 9.52. The molecule has 172 valence electrons. The van der Waals surface area contributed by atoms with Crippen molar-refractivity contribution in [3.05, 3.63) is 55.4 Å². The summed E-state index contributed by atoms with van der Waals surface area (Å²) in [5.41, 5.74) is 0. The van der Waals surface area contributed by atoms with Crippen LogP contribution in [0.15, 0.2) is 45.3 Å². The lowest BCUT2D eigenvalue weighted by Crippen LogP contribution is -2.54. The first-order valence-electron chi connectivity index (χ1n) is 10.1. The predicted molar refractivity (Wildman–Crippen MR) is 132 cm³/mol. The molecule has 32 heavy (non-hydrogen) atoms. The molecule has 0 saturated heterocycles. The van der Waals surface area contributed by atoms with Gasteiger partial charge in [-0.25, -0.2) is 0 Å². The molecule has 0 spiro atoms. The van der Waals surface area contributed by atoms with E-state index in [1.54, 1.807) is 36.4 Å². The van der Waals surface area contributed by atoms with Crippen molar-refractivity contribution in [1.29, 1.82) is 0 Å². The molecule has 0 bridgehead atoms. The topological polar surface area (TPSA) is 76.7 Å². The highest BCUT2D eigenvalue weighted by molar-refractivity contribution is 9.10. The van der Waals surface area contributed by atoms with Gasteiger partial charge < -0.3 is 20.1 Å². The first-order valence-corrected chi connectivity index (χ1v) is 12.4. The van der Waals surface area contributed by atoms with Gasteiger partial charge in [-0.05, 0) is 49.2 Å². The number of carbonyl (C=O) groups excluding carboxylic acids is 2. The van der Waals surface area contributed by atoms with Gasteiger partial charge in [-0.1, -0.05) is 67.9 Å². The van der Waals surface area contributed by atoms with Crippen LogP contribution in [0.1, 0.15) is 25.7 Å². The van der Waals surface area contributed by atoms with Crippen LogP contribution in [0.4, 0.5) is 0 Å². The van der Waals surface area contributed by atoms with Gasteiger partial charge in [-0.3, -0.25) is 9.59 Å². The summed E-state index contributed by atoms with van der Waals surface area (Å²) in [6.07, 6.45) is 3.49. The number of carbonyl (C=O) groups is 2. The highest BCUT2D eigenvalue weighted by atomic mass is 79.9. The lowest BCUT2D eigenvalue weighted by atomic mass is 9.90. The van der Waals surface area contributed by atoms with Crippen LogP contribution in [0.25, 0.3) is 0 Å². The minimum Gasteiger partial charge on any atom is -0.482 e. The number of nitrogens with one attached hydrogen (secondary N) is 2. The maximum absolute atomic E-state index is 12.4. The van der Waals surface area contributed by atoms with Gasteiger partial charge in [0.25, 0.3) is 11.8 Å². The molecule has 0 aromatic heterocycles. The lowest BCUT2D eigenvalue weighted by molar-refractivity contribution is -0.127. The number of ether oxygens (including phenoxy) is 2. The standard InChI is InChI=1S/C22H22Br2Cl2N2O4/c23-13-5-7-19(15(25)9-13)31-11-21(29)27-17-3-1-2-4-18(17)28-22(30)12-32-20-8-6-14(24)10-16(20)26/h5-10,17-18H,1-4,11-12H2,(H,27,29)(H,28,30)/t17-,18-/m1/s1. The normalized spacial score (nSPS) is 18.0. The molecule has 1 aliphatic rings. The summed E-state index contributed by atoms with van der Waals surface area (Å²) in [6, 6.07) is 10.0. The van der Waals surface area contributed by atoms with Crippen LogP contribution >= 0.6 is 55.1 Å². The summed E-state index contributed by atoms with van der Waals surface area (Å²) in [4.78, 5) is 24.9. The van der Waals surface area contributed by atoms with E-state index < -0.39 is 0 Å². The molecule has 10 heteroatoms. The Hall–Kier alpha value is -1.48. The number of rotatable bonds is 8. The van der Waals surface area contributed by atoms with E-state index in [1.165, 1.54) is 0 Å². The number of hydrogen-bond acceptors (Lipinski definition) is 4. The monoisotopic (exact) mass is 606 g/mol. The van der Waals surface area contributed by atoms with E-state index in [0.29, 0.717) is 21.5 Å². The van der Waals surface area contributed by atoms with Crippen LogP contribution in [-0.2, 0) is 9.59 Å². The molecule has 2 N–H and O–H groups in total. The number of hydrogen-bond donors (Lipinski definition) is 2. The SMILES string of the molecule is O=C(COc1ccc(Br)cc1Cl)N[C@@H]1CCCC[C@H]1NC(=O)COc1ccc(Br)cc1Cl. The van der Waals surface area contributed by atoms with Crippen LogP contribution in [0, 0.1) is 0 Å². The average Bonchev–Trinajstić information content (AvgIpc) is 2.74. The first-order chi connectivity index (χ1) is 15.3. The third-order valence-corrected chi connectivity index (χ3v) is 6.54. The van der Waals surface area contributed by atoms with Gasteiger partial charge in [-0.2, -0.15) is 0 Å². The van der Waals surface area contributed by atoms with Crippen LogP contribution in [-0.4, -0.2) is 37.1 Å². The summed E-state index contributed by atoms with van der Waals surface area (Å²) in [6.45, 7) is -0.326. The summed E-state index contributed by atoms with van der Waals surface area (Å²) < 4.78 is 12.7. The van der Waals surface area contributed by atoms with E-state index in [1.807, 2.05) is 0 Å². The van der Waals surface area contributed by atoms with Crippen molar-refractivity contribution in [3.8, 4) is 11.5 Å². The zero-order valence-electron chi connectivity index (χ0n) is 17.0. The van der Waals surface area contributed by atoms with Gasteiger partial charge in [0, 0.05) is 21.0 Å². The smallest absolute Gasteiger partial charge is 0.258 e. The third-order valence-electron chi connectivity index (χ3n) is 4.96. The van der Waals surface area contributed by atoms with Crippen molar-refractivity contribution in [2.24, 2.45) is 0 Å². The molecule has 0 radical (unpaired) electrons. The van der Waals surface area contributed by atoms with E-state index in [2.05, 4.69) is 42.5 Å². The van der Waals surface area contributed by atoms with E-state index in [4.69, 9.17) is 32.7 Å². The van der Waals surface area contributed by atoms with Gasteiger partial charge in [0.1, 0.15) is 11.5 Å². The van der Waals surface area contributed by atoms with Crippen molar-refractivity contribution in [2.45, 2.75) is 37.8 Å². The van der Waals surface area contributed by atoms with Crippen molar-refractivity contribution in [1.82, 2.24) is 10.6 Å². The second kappa shape index (κ2) is 12.1. The number of amides is 2. The Morgan fingerprint density at radius 3 is 1.59 bits per heavy atom. The lowest BCUT2D eigenvalue weighted by Gasteiger charge is -2.32. The maximum atomic E-state index is 12.4. The highest BCUT2D eigenvalue weighted by Gasteiger charge is 2.28. The van der Waals surface area contributed by atoms with Crippen LogP contribution in [0.5, 0.6) is 11.5 Å². The Bertz CT molecular complexity index is 899. The van der Waals surface area contributed by atoms with Gasteiger partial charge in [-0.15, -0.1) is 0 Å². The molecule has 0 heterocycles. The fourth-order valence-corrected chi connectivity index (χ4v) is 4.90. The van der Waals surface area contributed by atoms with Gasteiger partial charge in [0.2, 0.25) is 0 Å². The molecule has 1 saturated carbocycles. The van der Waals surface area contributed by atoms with E-state index >= 15 is 0 Å². The zero-order chi connectivity index (χ0) is 23.1. The van der Waals surface area contributed by atoms with E-state index in [0.717, 1.165) is 34.6 Å². The molecule has 1 aliphatic carbocycles. The Morgan fingerprint density at radius 2 is 1.22 bits per heavy atom. The third kappa shape index (κ3) is 7.54. The Labute approximate surface area is 213 Å². The molecule has 2 amide bonds. The molecular weight excluding hydrogens is 587 g/mol. The molecular formula is C22H22Br2Cl2N2O4. The molecule has 2 aromatic rings. The fraction of sp³-hybridized carbons (Fsp3) is 0.364. The van der Waals surface area contributed by atoms with Gasteiger partial charge in [0.15, 0.2) is 13.2 Å². The minimum atomic E-state index is -0.270. The number of benzene rings is 2. The van der Waals surface area contributed by atoms with Gasteiger partial charge >= 0.3 is 0 Å². The Balaban J connectivity index is 1.48. The minimum absolute atomic E-state index is 0.163. The van der Waals surface area contributed by atoms with Crippen LogP contribution < -0.4 is 20.1 Å². The predicted octanol–water partition coefficient (Wildman–Crippen LogP) is 5.52. The largest absolute Gasteiger partial charge is 0.482 e. The van der Waals surface area contributed by atoms with Crippen molar-refractivity contribution < 1.29 is 19.1 Å². The molecule has 3 rings (SSSR count). The molecule has 0 aliphatic heterocycles. The molecule has 2 aromatic carbocycles. The second-order valence-corrected chi connectivity index (χ2v) is 10.0. The Morgan fingerprint density at radius 1 is 0.812 bits per heavy atom. The quantitative estimate of drug-likeness (QED) is 0.414. The van der Waals surface area contributed by atoms with Crippen LogP contribution in [0.3, 0.4) is 0 Å². The first kappa shape index (κ1) is 25.1. The molecule has 0 unspecified atom stereocenters. The zero-order valence-corrected chi connectivity index (χ0v) is 21.7. The molecule has 2 atom stereocenters. The summed E-state index contributed by atoms with van der Waals surface area (Å²) in [5.74, 6) is 0.325. The number of halogens is 4. The average molecular weight is 609 g/mol. The van der Waals surface area contributed by atoms with Crippen molar-refractivity contribution in [3.63, 3.8) is 0 Å². The molecule has 1 fully saturated rings. The summed E-state index contributed by atoms with van der Waals surface area (Å²) in [7, 11) is 0. The van der Waals surface area contributed by atoms with Crippen molar-refractivity contribution >= 4 is 66.9 Å². The molecule has 6 nitrogen and oxygen atoms in total. The van der Waals surface area contributed by atoms with E-state index in [9.17, 15) is 9.59 Å². The van der Waals surface area contributed by atoms with Crippen molar-refractivity contribution in [2.75, 3.05) is 13.2 Å². The maximum Gasteiger partial charge on any atom is 0.258 e. The van der Waals surface area contributed by atoms with Crippen LogP contribution in [0.2, 0.25) is 10.0 Å². The van der Waals surface area contributed by atoms with Gasteiger partial charge in [0.05, 0.1) is 10.0 Å². The van der Waals surface area contributed by atoms with E-state index in [-0.39, 0.29) is 37.1 Å².